The number of amides is 1. The first-order valence-corrected chi connectivity index (χ1v) is 5.68. The van der Waals surface area contributed by atoms with E-state index in [1.54, 1.807) is 0 Å². The molecule has 2 unspecified atom stereocenters. The van der Waals surface area contributed by atoms with E-state index in [-0.39, 0.29) is 30.6 Å². The largest absolute Gasteiger partial charge is 0.396 e. The number of nitrogens with one attached hydrogen (secondary N) is 2. The van der Waals surface area contributed by atoms with Gasteiger partial charge in [0.25, 0.3) is 0 Å². The Bertz CT molecular complexity index is 183. The fraction of sp³-hybridized carbons (Fsp3) is 0.909. The predicted molar refractivity (Wildman–Crippen MR) is 61.7 cm³/mol. The first-order chi connectivity index (χ1) is 7.01. The van der Waals surface area contributed by atoms with E-state index in [9.17, 15) is 4.79 Å². The molecular weight excluding hydrogens is 192 g/mol. The summed E-state index contributed by atoms with van der Waals surface area (Å²) in [7, 11) is 0. The third-order valence-electron chi connectivity index (χ3n) is 2.28. The van der Waals surface area contributed by atoms with Crippen LogP contribution in [0.5, 0.6) is 0 Å². The number of aliphatic hydroxyl groups excluding tert-OH is 1. The highest BCUT2D eigenvalue weighted by Crippen LogP contribution is 1.99. The number of hydrogen-bond donors (Lipinski definition) is 3. The Hall–Kier alpha value is -0.610. The number of carbonyl (C=O) groups is 1. The molecule has 0 aromatic heterocycles. The maximum absolute atomic E-state index is 11.6. The summed E-state index contributed by atoms with van der Waals surface area (Å²) in [5.74, 6) is 0.0152. The first kappa shape index (κ1) is 14.4. The summed E-state index contributed by atoms with van der Waals surface area (Å²) in [6.07, 6.45) is 1.61. The normalized spacial score (nSPS) is 15.1. The lowest BCUT2D eigenvalue weighted by atomic mass is 10.1. The minimum absolute atomic E-state index is 0.0152. The van der Waals surface area contributed by atoms with Gasteiger partial charge in [0.15, 0.2) is 0 Å². The summed E-state index contributed by atoms with van der Waals surface area (Å²) >= 11 is 0. The van der Waals surface area contributed by atoms with Crippen LogP contribution in [0.1, 0.15) is 40.5 Å². The van der Waals surface area contributed by atoms with E-state index in [4.69, 9.17) is 5.11 Å². The van der Waals surface area contributed by atoms with Gasteiger partial charge in [0.1, 0.15) is 0 Å². The summed E-state index contributed by atoms with van der Waals surface area (Å²) in [6, 6.07) is 0.173. The van der Waals surface area contributed by atoms with Crippen LogP contribution < -0.4 is 10.6 Å². The van der Waals surface area contributed by atoms with Gasteiger partial charge in [0.2, 0.25) is 5.91 Å². The summed E-state index contributed by atoms with van der Waals surface area (Å²) in [5, 5.41) is 14.9. The molecule has 4 nitrogen and oxygen atoms in total. The van der Waals surface area contributed by atoms with E-state index in [0.717, 1.165) is 6.42 Å². The molecule has 0 bridgehead atoms. The molecule has 2 atom stereocenters. The molecule has 3 N–H and O–H groups in total. The zero-order chi connectivity index (χ0) is 11.8. The van der Waals surface area contributed by atoms with Crippen LogP contribution in [-0.4, -0.2) is 35.7 Å². The first-order valence-electron chi connectivity index (χ1n) is 5.68. The van der Waals surface area contributed by atoms with Crippen molar-refractivity contribution in [2.24, 2.45) is 0 Å². The van der Waals surface area contributed by atoms with Crippen molar-refractivity contribution in [2.75, 3.05) is 6.61 Å². The van der Waals surface area contributed by atoms with Crippen LogP contribution in [-0.2, 0) is 4.79 Å². The highest BCUT2D eigenvalue weighted by molar-refractivity contribution is 5.81. The molecule has 0 aromatic carbocycles. The maximum atomic E-state index is 11.6. The van der Waals surface area contributed by atoms with Crippen LogP contribution >= 0.6 is 0 Å². The van der Waals surface area contributed by atoms with E-state index in [2.05, 4.69) is 10.6 Å². The summed E-state index contributed by atoms with van der Waals surface area (Å²) in [4.78, 5) is 11.6. The van der Waals surface area contributed by atoms with Gasteiger partial charge in [-0.15, -0.1) is 0 Å². The van der Waals surface area contributed by atoms with Crippen molar-refractivity contribution in [3.05, 3.63) is 0 Å². The number of carbonyl (C=O) groups excluding carboxylic acids is 1. The predicted octanol–water partition coefficient (Wildman–Crippen LogP) is 0.650. The monoisotopic (exact) mass is 216 g/mol. The van der Waals surface area contributed by atoms with E-state index >= 15 is 0 Å². The van der Waals surface area contributed by atoms with Crippen molar-refractivity contribution in [3.63, 3.8) is 0 Å². The molecule has 0 saturated carbocycles. The highest BCUT2D eigenvalue weighted by Gasteiger charge is 2.16. The standard InChI is InChI=1S/C11H24N2O2/c1-5-10(6-7-14)13-9(4)11(15)12-8(2)3/h8-10,13-14H,5-7H2,1-4H3,(H,12,15). The van der Waals surface area contributed by atoms with Gasteiger partial charge in [-0.05, 0) is 33.6 Å². The van der Waals surface area contributed by atoms with Crippen LogP contribution in [0.15, 0.2) is 0 Å². The van der Waals surface area contributed by atoms with Gasteiger partial charge in [-0.2, -0.15) is 0 Å². The number of hydrogen-bond acceptors (Lipinski definition) is 3. The zero-order valence-electron chi connectivity index (χ0n) is 10.2. The Kier molecular flexibility index (Phi) is 7.34. The Labute approximate surface area is 92.4 Å². The molecule has 0 radical (unpaired) electrons. The lowest BCUT2D eigenvalue weighted by molar-refractivity contribution is -0.123. The Morgan fingerprint density at radius 1 is 1.33 bits per heavy atom. The minimum atomic E-state index is -0.205. The van der Waals surface area contributed by atoms with Gasteiger partial charge in [-0.25, -0.2) is 0 Å². The average Bonchev–Trinajstić information content (AvgIpc) is 2.15. The van der Waals surface area contributed by atoms with Crippen LogP contribution in [0.25, 0.3) is 0 Å². The van der Waals surface area contributed by atoms with Gasteiger partial charge >= 0.3 is 0 Å². The lowest BCUT2D eigenvalue weighted by Gasteiger charge is -2.22. The third kappa shape index (κ3) is 6.47. The SMILES string of the molecule is CCC(CCO)NC(C)C(=O)NC(C)C. The molecule has 0 aliphatic heterocycles. The van der Waals surface area contributed by atoms with Crippen molar-refractivity contribution in [3.8, 4) is 0 Å². The van der Waals surface area contributed by atoms with Crippen molar-refractivity contribution in [1.82, 2.24) is 10.6 Å². The van der Waals surface area contributed by atoms with Crippen LogP contribution in [0, 0.1) is 0 Å². The smallest absolute Gasteiger partial charge is 0.237 e. The molecule has 0 rings (SSSR count). The zero-order valence-corrected chi connectivity index (χ0v) is 10.2. The summed E-state index contributed by atoms with van der Waals surface area (Å²) < 4.78 is 0. The average molecular weight is 216 g/mol. The van der Waals surface area contributed by atoms with Gasteiger partial charge in [-0.1, -0.05) is 6.92 Å². The Morgan fingerprint density at radius 2 is 1.93 bits per heavy atom. The summed E-state index contributed by atoms with van der Waals surface area (Å²) in [5.41, 5.74) is 0. The van der Waals surface area contributed by atoms with E-state index in [1.807, 2.05) is 27.7 Å². The van der Waals surface area contributed by atoms with Gasteiger partial charge in [0, 0.05) is 18.7 Å². The molecular formula is C11H24N2O2. The topological polar surface area (TPSA) is 61.4 Å². The third-order valence-corrected chi connectivity index (χ3v) is 2.28. The molecule has 0 aliphatic rings. The maximum Gasteiger partial charge on any atom is 0.237 e. The second-order valence-corrected chi connectivity index (χ2v) is 4.17. The lowest BCUT2D eigenvalue weighted by Crippen LogP contribution is -2.48. The summed E-state index contributed by atoms with van der Waals surface area (Å²) in [6.45, 7) is 7.92. The molecule has 4 heteroatoms. The van der Waals surface area contributed by atoms with Crippen LogP contribution in [0.4, 0.5) is 0 Å². The van der Waals surface area contributed by atoms with Crippen molar-refractivity contribution in [1.29, 1.82) is 0 Å². The van der Waals surface area contributed by atoms with Crippen molar-refractivity contribution < 1.29 is 9.90 Å². The quantitative estimate of drug-likeness (QED) is 0.585. The molecule has 0 spiro atoms. The fourth-order valence-electron chi connectivity index (χ4n) is 1.40. The van der Waals surface area contributed by atoms with E-state index < -0.39 is 0 Å². The second kappa shape index (κ2) is 7.65. The molecule has 90 valence electrons. The molecule has 1 amide bonds. The van der Waals surface area contributed by atoms with Gasteiger partial charge in [-0.3, -0.25) is 4.79 Å². The van der Waals surface area contributed by atoms with Crippen LogP contribution in [0.2, 0.25) is 0 Å². The molecule has 0 fully saturated rings. The molecule has 15 heavy (non-hydrogen) atoms. The second-order valence-electron chi connectivity index (χ2n) is 4.17. The van der Waals surface area contributed by atoms with Crippen molar-refractivity contribution >= 4 is 5.91 Å². The molecule has 0 aliphatic carbocycles. The molecule has 0 heterocycles. The van der Waals surface area contributed by atoms with E-state index in [1.165, 1.54) is 0 Å². The minimum Gasteiger partial charge on any atom is -0.396 e. The fourth-order valence-corrected chi connectivity index (χ4v) is 1.40. The van der Waals surface area contributed by atoms with Gasteiger partial charge < -0.3 is 15.7 Å². The molecule has 0 saturated heterocycles. The highest BCUT2D eigenvalue weighted by atomic mass is 16.3. The Morgan fingerprint density at radius 3 is 2.33 bits per heavy atom. The van der Waals surface area contributed by atoms with E-state index in [0.29, 0.717) is 6.42 Å². The molecule has 0 aromatic rings. The number of aliphatic hydroxyl groups is 1. The number of rotatable bonds is 7. The van der Waals surface area contributed by atoms with Crippen LogP contribution in [0.3, 0.4) is 0 Å². The Balaban J connectivity index is 3.97. The van der Waals surface area contributed by atoms with Crippen molar-refractivity contribution in [2.45, 2.75) is 58.7 Å². The van der Waals surface area contributed by atoms with Gasteiger partial charge in [0.05, 0.1) is 6.04 Å².